The van der Waals surface area contributed by atoms with Gasteiger partial charge >= 0.3 is 0 Å². The standard InChI is InChI=1S/C22H22FN3O3/c1-3-25(4-2)12-11-24-22(28)15-13-26-17-7-5-6-8-18(17)29-21-16(23)10-9-14(19(21)26)20(15)27/h5-10,13H,3-4,11-12H2,1-2H3,(H,24,28). The fraction of sp³-hybridized carbons (Fsp3) is 0.273. The summed E-state index contributed by atoms with van der Waals surface area (Å²) in [6.45, 7) is 7.03. The Morgan fingerprint density at radius 2 is 1.93 bits per heavy atom. The van der Waals surface area contributed by atoms with Crippen molar-refractivity contribution >= 4 is 16.8 Å². The normalized spacial score (nSPS) is 12.0. The van der Waals surface area contributed by atoms with E-state index in [9.17, 15) is 14.0 Å². The summed E-state index contributed by atoms with van der Waals surface area (Å²) in [7, 11) is 0. The summed E-state index contributed by atoms with van der Waals surface area (Å²) in [5, 5.41) is 3.07. The first kappa shape index (κ1) is 19.1. The molecule has 6 nitrogen and oxygen atoms in total. The Bertz CT molecular complexity index is 1150. The number of benzene rings is 2. The maximum atomic E-state index is 14.4. The topological polar surface area (TPSA) is 63.6 Å². The predicted molar refractivity (Wildman–Crippen MR) is 110 cm³/mol. The first-order chi connectivity index (χ1) is 14.0. The molecular formula is C22H22FN3O3. The summed E-state index contributed by atoms with van der Waals surface area (Å²) in [5.41, 5.74) is 0.549. The molecule has 0 aliphatic carbocycles. The van der Waals surface area contributed by atoms with E-state index in [0.29, 0.717) is 30.0 Å². The van der Waals surface area contributed by atoms with Gasteiger partial charge in [-0.2, -0.15) is 0 Å². The molecule has 2 heterocycles. The largest absolute Gasteiger partial charge is 0.450 e. The van der Waals surface area contributed by atoms with E-state index in [2.05, 4.69) is 24.1 Å². The lowest BCUT2D eigenvalue weighted by molar-refractivity contribution is 0.0947. The highest BCUT2D eigenvalue weighted by Gasteiger charge is 2.26. The zero-order valence-electron chi connectivity index (χ0n) is 16.4. The number of carbonyl (C=O) groups is 1. The number of carbonyl (C=O) groups excluding carboxylic acids is 1. The van der Waals surface area contributed by atoms with Crippen molar-refractivity contribution in [2.45, 2.75) is 13.8 Å². The van der Waals surface area contributed by atoms with Crippen molar-refractivity contribution in [2.24, 2.45) is 0 Å². The van der Waals surface area contributed by atoms with E-state index >= 15 is 0 Å². The third-order valence-corrected chi connectivity index (χ3v) is 5.26. The molecule has 150 valence electrons. The number of ether oxygens (including phenoxy) is 1. The summed E-state index contributed by atoms with van der Waals surface area (Å²) < 4.78 is 21.8. The Balaban J connectivity index is 1.79. The van der Waals surface area contributed by atoms with E-state index in [4.69, 9.17) is 4.74 Å². The van der Waals surface area contributed by atoms with Gasteiger partial charge in [-0.05, 0) is 37.4 Å². The monoisotopic (exact) mass is 395 g/mol. The highest BCUT2D eigenvalue weighted by molar-refractivity contribution is 5.99. The average molecular weight is 395 g/mol. The van der Waals surface area contributed by atoms with E-state index in [1.165, 1.54) is 18.3 Å². The van der Waals surface area contributed by atoms with E-state index in [0.717, 1.165) is 13.1 Å². The summed E-state index contributed by atoms with van der Waals surface area (Å²) in [4.78, 5) is 27.9. The average Bonchev–Trinajstić information content (AvgIpc) is 2.74. The van der Waals surface area contributed by atoms with Crippen LogP contribution in [0.15, 0.2) is 47.4 Å². The SMILES string of the molecule is CCN(CC)CCNC(=O)c1cn2c3c(c(F)ccc3c1=O)Oc1ccccc1-2. The molecule has 29 heavy (non-hydrogen) atoms. The van der Waals surface area contributed by atoms with Crippen LogP contribution < -0.4 is 15.5 Å². The third-order valence-electron chi connectivity index (χ3n) is 5.26. The summed E-state index contributed by atoms with van der Waals surface area (Å²) in [6.07, 6.45) is 1.47. The molecule has 4 rings (SSSR count). The van der Waals surface area contributed by atoms with Crippen LogP contribution in [0, 0.1) is 5.82 Å². The molecule has 0 spiro atoms. The molecule has 0 atom stereocenters. The Morgan fingerprint density at radius 3 is 2.69 bits per heavy atom. The number of amides is 1. The molecule has 1 aliphatic rings. The number of rotatable bonds is 6. The maximum absolute atomic E-state index is 14.4. The van der Waals surface area contributed by atoms with Gasteiger partial charge in [-0.3, -0.25) is 9.59 Å². The number of halogens is 1. The van der Waals surface area contributed by atoms with Crippen LogP contribution in [0.2, 0.25) is 0 Å². The first-order valence-corrected chi connectivity index (χ1v) is 9.70. The molecule has 7 heteroatoms. The Morgan fingerprint density at radius 1 is 1.17 bits per heavy atom. The quantitative estimate of drug-likeness (QED) is 0.544. The van der Waals surface area contributed by atoms with Crippen LogP contribution in [-0.4, -0.2) is 41.6 Å². The van der Waals surface area contributed by atoms with Gasteiger partial charge in [0, 0.05) is 19.3 Å². The number of para-hydroxylation sites is 2. The second-order valence-corrected chi connectivity index (χ2v) is 6.87. The van der Waals surface area contributed by atoms with Gasteiger partial charge in [-0.15, -0.1) is 0 Å². The van der Waals surface area contributed by atoms with Gasteiger partial charge in [0.2, 0.25) is 5.43 Å². The van der Waals surface area contributed by atoms with Crippen molar-refractivity contribution < 1.29 is 13.9 Å². The molecule has 0 saturated carbocycles. The molecule has 3 aromatic rings. The van der Waals surface area contributed by atoms with Crippen LogP contribution in [0.4, 0.5) is 4.39 Å². The van der Waals surface area contributed by atoms with E-state index in [1.54, 1.807) is 22.8 Å². The number of pyridine rings is 1. The number of aromatic nitrogens is 1. The molecule has 1 N–H and O–H groups in total. The van der Waals surface area contributed by atoms with Gasteiger partial charge in [0.1, 0.15) is 11.1 Å². The van der Waals surface area contributed by atoms with Crippen molar-refractivity contribution in [1.29, 1.82) is 0 Å². The third kappa shape index (κ3) is 3.27. The smallest absolute Gasteiger partial charge is 0.256 e. The highest BCUT2D eigenvalue weighted by atomic mass is 19.1. The van der Waals surface area contributed by atoms with Gasteiger partial charge in [0.25, 0.3) is 5.91 Å². The summed E-state index contributed by atoms with van der Waals surface area (Å²) >= 11 is 0. The van der Waals surface area contributed by atoms with Crippen LogP contribution in [0.25, 0.3) is 16.6 Å². The number of hydrogen-bond acceptors (Lipinski definition) is 4. The fourth-order valence-electron chi connectivity index (χ4n) is 3.63. The van der Waals surface area contributed by atoms with Crippen molar-refractivity contribution in [3.8, 4) is 17.2 Å². The number of fused-ring (bicyclic) bond motifs is 2. The van der Waals surface area contributed by atoms with Crippen LogP contribution in [0.3, 0.4) is 0 Å². The van der Waals surface area contributed by atoms with Gasteiger partial charge in [-0.1, -0.05) is 26.0 Å². The number of hydrogen-bond donors (Lipinski definition) is 1. The van der Waals surface area contributed by atoms with Crippen molar-refractivity contribution in [3.05, 3.63) is 64.2 Å². The highest BCUT2D eigenvalue weighted by Crippen LogP contribution is 2.40. The second-order valence-electron chi connectivity index (χ2n) is 6.87. The van der Waals surface area contributed by atoms with Crippen LogP contribution in [-0.2, 0) is 0 Å². The number of nitrogens with zero attached hydrogens (tertiary/aromatic N) is 2. The van der Waals surface area contributed by atoms with Gasteiger partial charge in [-0.25, -0.2) is 4.39 Å². The Labute approximate surface area is 167 Å². The molecule has 0 bridgehead atoms. The van der Waals surface area contributed by atoms with Gasteiger partial charge in [0.05, 0.1) is 11.1 Å². The second kappa shape index (κ2) is 7.67. The minimum Gasteiger partial charge on any atom is -0.450 e. The lowest BCUT2D eigenvalue weighted by atomic mass is 10.1. The first-order valence-electron chi connectivity index (χ1n) is 9.70. The molecule has 1 aromatic heterocycles. The Hall–Kier alpha value is -3.19. The zero-order chi connectivity index (χ0) is 20.5. The molecule has 1 amide bonds. The van der Waals surface area contributed by atoms with Gasteiger partial charge < -0.3 is 19.5 Å². The molecule has 0 saturated heterocycles. The molecule has 2 aromatic carbocycles. The van der Waals surface area contributed by atoms with E-state index in [-0.39, 0.29) is 16.7 Å². The summed E-state index contributed by atoms with van der Waals surface area (Å²) in [6, 6.07) is 9.72. The van der Waals surface area contributed by atoms with E-state index < -0.39 is 17.2 Å². The van der Waals surface area contributed by atoms with Crippen LogP contribution >= 0.6 is 0 Å². The minimum atomic E-state index is -0.559. The Kier molecular flexibility index (Phi) is 5.07. The molecule has 0 unspecified atom stereocenters. The summed E-state index contributed by atoms with van der Waals surface area (Å²) in [5.74, 6) is -0.547. The lowest BCUT2D eigenvalue weighted by Crippen LogP contribution is -2.36. The molecule has 0 fully saturated rings. The zero-order valence-corrected chi connectivity index (χ0v) is 16.4. The molecule has 1 aliphatic heterocycles. The lowest BCUT2D eigenvalue weighted by Gasteiger charge is -2.24. The van der Waals surface area contributed by atoms with Crippen molar-refractivity contribution in [3.63, 3.8) is 0 Å². The molecule has 0 radical (unpaired) electrons. The maximum Gasteiger partial charge on any atom is 0.256 e. The van der Waals surface area contributed by atoms with Crippen molar-refractivity contribution in [1.82, 2.24) is 14.8 Å². The van der Waals surface area contributed by atoms with Crippen LogP contribution in [0.1, 0.15) is 24.2 Å². The number of nitrogens with one attached hydrogen (secondary N) is 1. The van der Waals surface area contributed by atoms with Gasteiger partial charge in [0.15, 0.2) is 17.3 Å². The fourth-order valence-corrected chi connectivity index (χ4v) is 3.63. The van der Waals surface area contributed by atoms with E-state index in [1.807, 2.05) is 6.07 Å². The number of likely N-dealkylation sites (N-methyl/N-ethyl adjacent to an activating group) is 1. The van der Waals surface area contributed by atoms with Crippen molar-refractivity contribution in [2.75, 3.05) is 26.2 Å². The van der Waals surface area contributed by atoms with Crippen LogP contribution in [0.5, 0.6) is 11.5 Å². The predicted octanol–water partition coefficient (Wildman–Crippen LogP) is 3.31. The minimum absolute atomic E-state index is 0.00760. The molecular weight excluding hydrogens is 373 g/mol.